The molecule has 1 unspecified atom stereocenters. The first-order chi connectivity index (χ1) is 7.00. The van der Waals surface area contributed by atoms with E-state index in [2.05, 4.69) is 5.32 Å². The Hall–Kier alpha value is -0.860. The lowest BCUT2D eigenvalue weighted by Crippen LogP contribution is -2.38. The molecule has 0 aliphatic heterocycles. The van der Waals surface area contributed by atoms with E-state index in [4.69, 9.17) is 11.6 Å². The third-order valence-corrected chi connectivity index (χ3v) is 2.36. The van der Waals surface area contributed by atoms with Gasteiger partial charge < -0.3 is 5.32 Å². The minimum Gasteiger partial charge on any atom is -0.305 e. The van der Waals surface area contributed by atoms with E-state index in [9.17, 15) is 4.79 Å². The Bertz CT molecular complexity index is 332. The van der Waals surface area contributed by atoms with Gasteiger partial charge >= 0.3 is 0 Å². The normalized spacial score (nSPS) is 12.9. The van der Waals surface area contributed by atoms with Gasteiger partial charge in [-0.05, 0) is 31.2 Å². The van der Waals surface area contributed by atoms with E-state index in [1.807, 2.05) is 20.8 Å². The predicted octanol–water partition coefficient (Wildman–Crippen LogP) is 2.91. The lowest BCUT2D eigenvalue weighted by atomic mass is 10.1. The van der Waals surface area contributed by atoms with Gasteiger partial charge in [0, 0.05) is 16.6 Å². The molecule has 0 fully saturated rings. The summed E-state index contributed by atoms with van der Waals surface area (Å²) in [7, 11) is 0. The summed E-state index contributed by atoms with van der Waals surface area (Å²) < 4.78 is 0. The van der Waals surface area contributed by atoms with Gasteiger partial charge in [-0.2, -0.15) is 0 Å². The zero-order valence-corrected chi connectivity index (χ0v) is 10.0. The average Bonchev–Trinajstić information content (AvgIpc) is 2.17. The van der Waals surface area contributed by atoms with Crippen LogP contribution in [0.4, 0.5) is 0 Å². The summed E-state index contributed by atoms with van der Waals surface area (Å²) in [4.78, 5) is 11.9. The number of halogens is 1. The quantitative estimate of drug-likeness (QED) is 0.799. The smallest absolute Gasteiger partial charge is 0.179 e. The molecule has 0 saturated heterocycles. The lowest BCUT2D eigenvalue weighted by molar-refractivity contribution is 0.0946. The van der Waals surface area contributed by atoms with Crippen molar-refractivity contribution in [3.05, 3.63) is 34.9 Å². The minimum atomic E-state index is -0.161. The third kappa shape index (κ3) is 3.65. The molecule has 0 aliphatic carbocycles. The van der Waals surface area contributed by atoms with E-state index in [0.717, 1.165) is 0 Å². The van der Waals surface area contributed by atoms with E-state index in [-0.39, 0.29) is 11.8 Å². The molecule has 0 heterocycles. The number of rotatable bonds is 4. The first-order valence-electron chi connectivity index (χ1n) is 5.06. The Morgan fingerprint density at radius 1 is 1.20 bits per heavy atom. The molecule has 15 heavy (non-hydrogen) atoms. The van der Waals surface area contributed by atoms with Gasteiger partial charge in [-0.1, -0.05) is 25.4 Å². The van der Waals surface area contributed by atoms with Gasteiger partial charge in [-0.3, -0.25) is 4.79 Å². The van der Waals surface area contributed by atoms with Crippen molar-refractivity contribution in [1.82, 2.24) is 5.32 Å². The monoisotopic (exact) mass is 225 g/mol. The van der Waals surface area contributed by atoms with Gasteiger partial charge in [0.25, 0.3) is 0 Å². The Balaban J connectivity index is 2.72. The van der Waals surface area contributed by atoms with Crippen LogP contribution >= 0.6 is 11.6 Å². The molecule has 0 radical (unpaired) electrons. The van der Waals surface area contributed by atoms with Crippen LogP contribution in [0.2, 0.25) is 5.02 Å². The number of Topliss-reactive ketones (excluding diaryl/α,β-unsaturated/α-hetero) is 1. The van der Waals surface area contributed by atoms with Crippen LogP contribution in [0.3, 0.4) is 0 Å². The number of carbonyl (C=O) groups excluding carboxylic acids is 1. The van der Waals surface area contributed by atoms with Crippen LogP contribution < -0.4 is 5.32 Å². The third-order valence-electron chi connectivity index (χ3n) is 2.11. The first kappa shape index (κ1) is 12.2. The summed E-state index contributed by atoms with van der Waals surface area (Å²) in [6.07, 6.45) is 0. The van der Waals surface area contributed by atoms with Crippen molar-refractivity contribution >= 4 is 17.4 Å². The second-order valence-electron chi connectivity index (χ2n) is 3.91. The fourth-order valence-electron chi connectivity index (χ4n) is 1.44. The molecule has 0 bridgehead atoms. The highest BCUT2D eigenvalue weighted by Crippen LogP contribution is 2.11. The van der Waals surface area contributed by atoms with E-state index in [1.165, 1.54) is 0 Å². The summed E-state index contributed by atoms with van der Waals surface area (Å²) in [6, 6.07) is 7.11. The van der Waals surface area contributed by atoms with Gasteiger partial charge in [0.2, 0.25) is 0 Å². The van der Waals surface area contributed by atoms with Crippen molar-refractivity contribution in [3.63, 3.8) is 0 Å². The number of carbonyl (C=O) groups is 1. The summed E-state index contributed by atoms with van der Waals surface area (Å²) in [6.45, 7) is 5.91. The summed E-state index contributed by atoms with van der Waals surface area (Å²) in [5.74, 6) is 0.0976. The highest BCUT2D eigenvalue weighted by molar-refractivity contribution is 6.30. The molecule has 0 aliphatic rings. The molecule has 2 nitrogen and oxygen atoms in total. The zero-order valence-electron chi connectivity index (χ0n) is 9.25. The van der Waals surface area contributed by atoms with Crippen LogP contribution in [0.15, 0.2) is 24.3 Å². The van der Waals surface area contributed by atoms with Crippen molar-refractivity contribution in [2.45, 2.75) is 32.9 Å². The minimum absolute atomic E-state index is 0.0976. The van der Waals surface area contributed by atoms with Crippen LogP contribution in [0, 0.1) is 0 Å². The number of hydrogen-bond acceptors (Lipinski definition) is 2. The summed E-state index contributed by atoms with van der Waals surface area (Å²) >= 11 is 5.75. The standard InChI is InChI=1S/C12H16ClNO/c1-8(2)14-9(3)12(15)10-4-6-11(13)7-5-10/h4-9,14H,1-3H3. The van der Waals surface area contributed by atoms with Gasteiger partial charge in [-0.15, -0.1) is 0 Å². The maximum atomic E-state index is 11.9. The van der Waals surface area contributed by atoms with E-state index < -0.39 is 0 Å². The highest BCUT2D eigenvalue weighted by atomic mass is 35.5. The van der Waals surface area contributed by atoms with Gasteiger partial charge in [0.1, 0.15) is 0 Å². The fraction of sp³-hybridized carbons (Fsp3) is 0.417. The molecule has 0 spiro atoms. The van der Waals surface area contributed by atoms with Crippen molar-refractivity contribution in [3.8, 4) is 0 Å². The van der Waals surface area contributed by atoms with Crippen LogP contribution in [0.5, 0.6) is 0 Å². The largest absolute Gasteiger partial charge is 0.305 e. The lowest BCUT2D eigenvalue weighted by Gasteiger charge is -2.15. The second kappa shape index (κ2) is 5.29. The van der Waals surface area contributed by atoms with Crippen LogP contribution in [-0.4, -0.2) is 17.9 Å². The summed E-state index contributed by atoms with van der Waals surface area (Å²) in [5.41, 5.74) is 0.694. The van der Waals surface area contributed by atoms with Crippen molar-refractivity contribution in [2.24, 2.45) is 0 Å². The predicted molar refractivity (Wildman–Crippen MR) is 63.5 cm³/mol. The van der Waals surface area contributed by atoms with Crippen LogP contribution in [0.25, 0.3) is 0 Å². The number of hydrogen-bond donors (Lipinski definition) is 1. The molecule has 1 aromatic rings. The molecular weight excluding hydrogens is 210 g/mol. The Labute approximate surface area is 95.6 Å². The molecule has 0 amide bonds. The molecule has 3 heteroatoms. The molecule has 1 atom stereocenters. The van der Waals surface area contributed by atoms with Gasteiger partial charge in [0.05, 0.1) is 6.04 Å². The first-order valence-corrected chi connectivity index (χ1v) is 5.44. The van der Waals surface area contributed by atoms with Crippen LogP contribution in [0.1, 0.15) is 31.1 Å². The Morgan fingerprint density at radius 2 is 1.73 bits per heavy atom. The topological polar surface area (TPSA) is 29.1 Å². The van der Waals surface area contributed by atoms with Crippen LogP contribution in [-0.2, 0) is 0 Å². The van der Waals surface area contributed by atoms with E-state index >= 15 is 0 Å². The molecule has 0 aromatic heterocycles. The van der Waals surface area contributed by atoms with Crippen molar-refractivity contribution in [1.29, 1.82) is 0 Å². The fourth-order valence-corrected chi connectivity index (χ4v) is 1.57. The van der Waals surface area contributed by atoms with Gasteiger partial charge in [0.15, 0.2) is 5.78 Å². The SMILES string of the molecule is CC(C)NC(C)C(=O)c1ccc(Cl)cc1. The number of benzene rings is 1. The maximum absolute atomic E-state index is 11.9. The van der Waals surface area contributed by atoms with E-state index in [0.29, 0.717) is 16.6 Å². The molecule has 1 aromatic carbocycles. The molecule has 1 N–H and O–H groups in total. The highest BCUT2D eigenvalue weighted by Gasteiger charge is 2.15. The second-order valence-corrected chi connectivity index (χ2v) is 4.35. The number of ketones is 1. The zero-order chi connectivity index (χ0) is 11.4. The van der Waals surface area contributed by atoms with Crippen molar-refractivity contribution < 1.29 is 4.79 Å². The molecule has 1 rings (SSSR count). The molecule has 82 valence electrons. The Morgan fingerprint density at radius 3 is 2.20 bits per heavy atom. The average molecular weight is 226 g/mol. The number of nitrogens with one attached hydrogen (secondary N) is 1. The summed E-state index contributed by atoms with van der Waals surface area (Å²) in [5, 5.41) is 3.82. The molecular formula is C12H16ClNO. The molecule has 0 saturated carbocycles. The van der Waals surface area contributed by atoms with Crippen molar-refractivity contribution in [2.75, 3.05) is 0 Å². The van der Waals surface area contributed by atoms with E-state index in [1.54, 1.807) is 24.3 Å². The maximum Gasteiger partial charge on any atom is 0.179 e. The van der Waals surface area contributed by atoms with Gasteiger partial charge in [-0.25, -0.2) is 0 Å². The Kier molecular flexibility index (Phi) is 4.30.